The van der Waals surface area contributed by atoms with E-state index in [-0.39, 0.29) is 23.9 Å². The molecular formula is C18H18BrNO8S. The maximum Gasteiger partial charge on any atom is 0.344 e. The van der Waals surface area contributed by atoms with Gasteiger partial charge in [0.15, 0.2) is 18.1 Å². The lowest BCUT2D eigenvalue weighted by molar-refractivity contribution is -0.145. The molecule has 2 amide bonds. The van der Waals surface area contributed by atoms with E-state index in [9.17, 15) is 19.2 Å². The summed E-state index contributed by atoms with van der Waals surface area (Å²) in [6.45, 7) is 1.18. The summed E-state index contributed by atoms with van der Waals surface area (Å²) < 4.78 is 20.5. The highest BCUT2D eigenvalue weighted by Crippen LogP contribution is 2.39. The third kappa shape index (κ3) is 5.73. The molecular weight excluding hydrogens is 470 g/mol. The van der Waals surface area contributed by atoms with Gasteiger partial charge >= 0.3 is 11.9 Å². The first-order chi connectivity index (χ1) is 13.8. The zero-order valence-electron chi connectivity index (χ0n) is 15.9. The number of halogens is 1. The van der Waals surface area contributed by atoms with Crippen LogP contribution in [0.3, 0.4) is 0 Å². The quantitative estimate of drug-likeness (QED) is 0.403. The van der Waals surface area contributed by atoms with Crippen LogP contribution < -0.4 is 9.47 Å². The Labute approximate surface area is 179 Å². The van der Waals surface area contributed by atoms with Gasteiger partial charge in [-0.2, -0.15) is 0 Å². The van der Waals surface area contributed by atoms with E-state index in [1.807, 2.05) is 0 Å². The Hall–Kier alpha value is -2.53. The average Bonchev–Trinajstić information content (AvgIpc) is 2.94. The molecule has 156 valence electrons. The summed E-state index contributed by atoms with van der Waals surface area (Å²) in [5.41, 5.74) is 0.542. The Morgan fingerprint density at radius 2 is 1.93 bits per heavy atom. The molecule has 9 nitrogen and oxygen atoms in total. The third-order valence-electron chi connectivity index (χ3n) is 3.58. The molecule has 1 heterocycles. The van der Waals surface area contributed by atoms with Crippen LogP contribution in [0.2, 0.25) is 0 Å². The van der Waals surface area contributed by atoms with Gasteiger partial charge in [-0.05, 0) is 58.4 Å². The van der Waals surface area contributed by atoms with E-state index < -0.39 is 29.6 Å². The minimum Gasteiger partial charge on any atom is -0.493 e. The first kappa shape index (κ1) is 22.8. The van der Waals surface area contributed by atoms with Gasteiger partial charge in [0, 0.05) is 0 Å². The van der Waals surface area contributed by atoms with Crippen LogP contribution >= 0.6 is 27.7 Å². The summed E-state index contributed by atoms with van der Waals surface area (Å²) in [6.07, 6.45) is 1.49. The molecule has 0 radical (unpaired) electrons. The molecule has 11 heteroatoms. The smallest absolute Gasteiger partial charge is 0.344 e. The molecule has 2 rings (SSSR count). The molecule has 29 heavy (non-hydrogen) atoms. The van der Waals surface area contributed by atoms with Crippen molar-refractivity contribution in [1.82, 2.24) is 4.90 Å². The second-order valence-corrected chi connectivity index (χ2v) is 7.32. The van der Waals surface area contributed by atoms with Crippen molar-refractivity contribution in [3.63, 3.8) is 0 Å². The highest BCUT2D eigenvalue weighted by atomic mass is 79.9. The minimum atomic E-state index is -0.693. The van der Waals surface area contributed by atoms with E-state index >= 15 is 0 Å². The number of methoxy groups -OCH3 is 2. The first-order valence-corrected chi connectivity index (χ1v) is 9.89. The molecule has 0 unspecified atom stereocenters. The maximum absolute atomic E-state index is 12.4. The second-order valence-electron chi connectivity index (χ2n) is 5.47. The molecule has 1 aromatic rings. The highest BCUT2D eigenvalue weighted by Gasteiger charge is 2.36. The molecule has 0 bridgehead atoms. The van der Waals surface area contributed by atoms with Crippen LogP contribution in [0.25, 0.3) is 6.08 Å². The predicted octanol–water partition coefficient (Wildman–Crippen LogP) is 2.61. The maximum atomic E-state index is 12.4. The van der Waals surface area contributed by atoms with Crippen LogP contribution in [0.4, 0.5) is 4.79 Å². The van der Waals surface area contributed by atoms with Crippen molar-refractivity contribution in [2.45, 2.75) is 6.92 Å². The fraction of sp³-hybridized carbons (Fsp3) is 0.333. The number of nitrogens with zero attached hydrogens (tertiary/aromatic N) is 1. The Bertz CT molecular complexity index is 870. The lowest BCUT2D eigenvalue weighted by Crippen LogP contribution is -2.34. The predicted molar refractivity (Wildman–Crippen MR) is 108 cm³/mol. The summed E-state index contributed by atoms with van der Waals surface area (Å²) in [6, 6.07) is 3.22. The van der Waals surface area contributed by atoms with Gasteiger partial charge in [-0.15, -0.1) is 0 Å². The summed E-state index contributed by atoms with van der Waals surface area (Å²) in [5.74, 6) is -1.21. The van der Waals surface area contributed by atoms with Crippen molar-refractivity contribution in [3.8, 4) is 11.5 Å². The highest BCUT2D eigenvalue weighted by molar-refractivity contribution is 9.10. The molecule has 1 aromatic carbocycles. The lowest BCUT2D eigenvalue weighted by Gasteiger charge is -2.13. The van der Waals surface area contributed by atoms with Gasteiger partial charge in [0.05, 0.1) is 30.2 Å². The summed E-state index contributed by atoms with van der Waals surface area (Å²) in [5, 5.41) is -0.563. The molecule has 1 fully saturated rings. The number of hydrogen-bond acceptors (Lipinski definition) is 9. The zero-order valence-corrected chi connectivity index (χ0v) is 18.3. The van der Waals surface area contributed by atoms with Gasteiger partial charge in [-0.3, -0.25) is 19.3 Å². The van der Waals surface area contributed by atoms with Crippen LogP contribution in [0.5, 0.6) is 11.5 Å². The molecule has 0 aromatic heterocycles. The molecule has 0 saturated carbocycles. The fourth-order valence-corrected chi connectivity index (χ4v) is 3.69. The van der Waals surface area contributed by atoms with Crippen molar-refractivity contribution in [1.29, 1.82) is 0 Å². The Morgan fingerprint density at radius 3 is 2.55 bits per heavy atom. The molecule has 0 spiro atoms. The minimum absolute atomic E-state index is 0.146. The molecule has 0 atom stereocenters. The summed E-state index contributed by atoms with van der Waals surface area (Å²) in [4.78, 5) is 48.2. The van der Waals surface area contributed by atoms with E-state index in [4.69, 9.17) is 14.2 Å². The van der Waals surface area contributed by atoms with Gasteiger partial charge in [0.25, 0.3) is 11.1 Å². The SMILES string of the molecule is CCOC(=O)COc1c(Br)cc(/C=C2\SC(=O)N(CC(=O)OC)C2=O)cc1OC. The molecule has 0 aliphatic carbocycles. The number of carbonyl (C=O) groups excluding carboxylic acids is 4. The molecule has 1 aliphatic rings. The van der Waals surface area contributed by atoms with Gasteiger partial charge in [0.1, 0.15) is 6.54 Å². The number of benzene rings is 1. The van der Waals surface area contributed by atoms with E-state index in [1.54, 1.807) is 19.1 Å². The van der Waals surface area contributed by atoms with Gasteiger partial charge in [0.2, 0.25) is 0 Å². The molecule has 1 aliphatic heterocycles. The van der Waals surface area contributed by atoms with Gasteiger partial charge in [-0.1, -0.05) is 0 Å². The van der Waals surface area contributed by atoms with Crippen molar-refractivity contribution in [3.05, 3.63) is 27.1 Å². The normalized spacial score (nSPS) is 14.9. The van der Waals surface area contributed by atoms with Gasteiger partial charge < -0.3 is 18.9 Å². The first-order valence-electron chi connectivity index (χ1n) is 8.28. The number of hydrogen-bond donors (Lipinski definition) is 0. The van der Waals surface area contributed by atoms with E-state index in [1.165, 1.54) is 20.3 Å². The zero-order chi connectivity index (χ0) is 21.6. The Morgan fingerprint density at radius 1 is 1.21 bits per heavy atom. The summed E-state index contributed by atoms with van der Waals surface area (Å²) >= 11 is 4.06. The van der Waals surface area contributed by atoms with E-state index in [0.717, 1.165) is 4.90 Å². The Balaban J connectivity index is 2.24. The van der Waals surface area contributed by atoms with E-state index in [0.29, 0.717) is 27.5 Å². The number of carbonyl (C=O) groups is 4. The van der Waals surface area contributed by atoms with Crippen LogP contribution in [0.15, 0.2) is 21.5 Å². The topological polar surface area (TPSA) is 108 Å². The standard InChI is InChI=1S/C18H18BrNO8S/c1-4-27-15(22)9-28-16-11(19)5-10(6-12(16)25-2)7-13-17(23)20(18(24)29-13)8-14(21)26-3/h5-7H,4,8-9H2,1-3H3/b13-7-. The van der Waals surface area contributed by atoms with Crippen molar-refractivity contribution in [2.75, 3.05) is 34.0 Å². The van der Waals surface area contributed by atoms with Crippen LogP contribution in [0, 0.1) is 0 Å². The molecule has 0 N–H and O–H groups in total. The number of imide groups is 1. The van der Waals surface area contributed by atoms with Crippen molar-refractivity contribution in [2.24, 2.45) is 0 Å². The monoisotopic (exact) mass is 487 g/mol. The van der Waals surface area contributed by atoms with E-state index in [2.05, 4.69) is 20.7 Å². The van der Waals surface area contributed by atoms with Crippen molar-refractivity contribution >= 4 is 56.9 Å². The Kier molecular flexibility index (Phi) is 8.09. The number of ether oxygens (including phenoxy) is 4. The lowest BCUT2D eigenvalue weighted by atomic mass is 10.2. The van der Waals surface area contributed by atoms with Crippen molar-refractivity contribution < 1.29 is 38.1 Å². The fourth-order valence-electron chi connectivity index (χ4n) is 2.28. The van der Waals surface area contributed by atoms with Crippen LogP contribution in [-0.4, -0.2) is 62.0 Å². The largest absolute Gasteiger partial charge is 0.493 e. The second kappa shape index (κ2) is 10.3. The number of esters is 2. The number of rotatable bonds is 8. The molecule has 1 saturated heterocycles. The number of amides is 2. The van der Waals surface area contributed by atoms with Gasteiger partial charge in [-0.25, -0.2) is 4.79 Å². The van der Waals surface area contributed by atoms with Crippen LogP contribution in [-0.2, 0) is 23.9 Å². The third-order valence-corrected chi connectivity index (χ3v) is 5.07. The average molecular weight is 488 g/mol. The van der Waals surface area contributed by atoms with Crippen LogP contribution in [0.1, 0.15) is 12.5 Å². The summed E-state index contributed by atoms with van der Waals surface area (Å²) in [7, 11) is 2.60. The number of thioether (sulfide) groups is 1.